The highest BCUT2D eigenvalue weighted by molar-refractivity contribution is 5.54. The highest BCUT2D eigenvalue weighted by Gasteiger charge is 2.13. The van der Waals surface area contributed by atoms with Crippen LogP contribution < -0.4 is 23.7 Å². The zero-order valence-corrected chi connectivity index (χ0v) is 34.4. The lowest BCUT2D eigenvalue weighted by atomic mass is 10.0. The molecule has 0 atom stereocenters. The van der Waals surface area contributed by atoms with E-state index in [0.29, 0.717) is 23.0 Å². The molecule has 0 radical (unpaired) electrons. The summed E-state index contributed by atoms with van der Waals surface area (Å²) in [7, 11) is 7.76. The summed E-state index contributed by atoms with van der Waals surface area (Å²) < 4.78 is 26.0. The molecule has 312 valence electrons. The van der Waals surface area contributed by atoms with Crippen LogP contribution in [-0.2, 0) is 38.5 Å². The first-order valence-corrected chi connectivity index (χ1v) is 18.9. The number of rotatable bonds is 14. The molecule has 59 heavy (non-hydrogen) atoms. The second-order valence-corrected chi connectivity index (χ2v) is 13.7. The van der Waals surface area contributed by atoms with Crippen LogP contribution in [0.3, 0.4) is 0 Å². The number of hydrogen-bond donors (Lipinski definition) is 6. The van der Waals surface area contributed by atoms with Gasteiger partial charge in [0.15, 0.2) is 23.0 Å². The molecule has 0 amide bonds. The van der Waals surface area contributed by atoms with Gasteiger partial charge in [-0.05, 0) is 151 Å². The topological polar surface area (TPSA) is 168 Å². The Morgan fingerprint density at radius 2 is 0.678 bits per heavy atom. The van der Waals surface area contributed by atoms with Crippen LogP contribution in [0, 0.1) is 6.92 Å². The zero-order valence-electron chi connectivity index (χ0n) is 34.4. The first-order valence-electron chi connectivity index (χ1n) is 18.9. The third kappa shape index (κ3) is 13.6. The lowest BCUT2D eigenvalue weighted by Crippen LogP contribution is -1.96. The van der Waals surface area contributed by atoms with Crippen molar-refractivity contribution in [3.05, 3.63) is 148 Å². The second-order valence-electron chi connectivity index (χ2n) is 13.7. The predicted molar refractivity (Wildman–Crippen MR) is 228 cm³/mol. The van der Waals surface area contributed by atoms with Crippen molar-refractivity contribution >= 4 is 0 Å². The monoisotopic (exact) mass is 806 g/mol. The average Bonchev–Trinajstić information content (AvgIpc) is 3.23. The van der Waals surface area contributed by atoms with Gasteiger partial charge < -0.3 is 54.3 Å². The summed E-state index contributed by atoms with van der Waals surface area (Å²) in [5, 5.41) is 57.0. The molecule has 0 saturated carbocycles. The van der Waals surface area contributed by atoms with Crippen molar-refractivity contribution in [3.8, 4) is 63.2 Å². The van der Waals surface area contributed by atoms with Crippen molar-refractivity contribution in [2.45, 2.75) is 45.4 Å². The molecular weight excluding hydrogens is 753 g/mol. The number of aryl methyl sites for hydroxylation is 7. The number of phenols is 6. The van der Waals surface area contributed by atoms with Crippen molar-refractivity contribution in [1.29, 1.82) is 0 Å². The third-order valence-corrected chi connectivity index (χ3v) is 9.47. The second kappa shape index (κ2) is 22.2. The van der Waals surface area contributed by atoms with E-state index < -0.39 is 0 Å². The molecule has 0 heterocycles. The average molecular weight is 807 g/mol. The summed E-state index contributed by atoms with van der Waals surface area (Å²) >= 11 is 0. The molecule has 0 unspecified atom stereocenters. The molecule has 0 aliphatic rings. The van der Waals surface area contributed by atoms with Crippen LogP contribution in [-0.4, -0.2) is 66.2 Å². The van der Waals surface area contributed by atoms with Gasteiger partial charge >= 0.3 is 0 Å². The smallest absolute Gasteiger partial charge is 0.200 e. The molecule has 11 heteroatoms. The Bertz CT molecular complexity index is 2180. The lowest BCUT2D eigenvalue weighted by molar-refractivity contribution is 0.339. The molecule has 0 aliphatic carbocycles. The van der Waals surface area contributed by atoms with E-state index in [-0.39, 0.29) is 34.5 Å². The molecule has 11 nitrogen and oxygen atoms in total. The number of phenolic OH excluding ortho intramolecular Hbond substituents is 6. The molecule has 6 N–H and O–H groups in total. The van der Waals surface area contributed by atoms with Crippen molar-refractivity contribution in [1.82, 2.24) is 0 Å². The Hall–Kier alpha value is -6.88. The van der Waals surface area contributed by atoms with E-state index in [1.165, 1.54) is 40.1 Å². The number of benzene rings is 6. The van der Waals surface area contributed by atoms with Gasteiger partial charge in [-0.25, -0.2) is 0 Å². The van der Waals surface area contributed by atoms with Gasteiger partial charge in [0.25, 0.3) is 0 Å². The maximum absolute atomic E-state index is 9.93. The largest absolute Gasteiger partial charge is 0.508 e. The van der Waals surface area contributed by atoms with Gasteiger partial charge in [-0.1, -0.05) is 36.4 Å². The van der Waals surface area contributed by atoms with Crippen LogP contribution in [0.25, 0.3) is 0 Å². The fourth-order valence-corrected chi connectivity index (χ4v) is 6.25. The van der Waals surface area contributed by atoms with Gasteiger partial charge in [0, 0.05) is 6.07 Å². The number of aromatic hydroxyl groups is 6. The molecule has 6 aromatic carbocycles. The Balaban J connectivity index is 0.000000197. The van der Waals surface area contributed by atoms with Crippen LogP contribution in [0.1, 0.15) is 38.9 Å². The standard InChI is InChI=1S/C18H22O4.C16H18O4.C14H14O3/c1-12-5-6-13(9-15(12)20-2)7-8-14-10-16(21-3)18(19)17(11-14)22-4;1-19-14-9-12(10-15(20-2)16(14)18)7-6-11-4-3-5-13(17)8-11;15-12-5-3-10(4-6-12)1-2-11-7-13(16)9-14(17)8-11/h5-6,9-11,19H,7-8H2,1-4H3;3-5,8-10,17-18H,6-7H2,1-2H3;3-9,15-17H,1-2H2. The first-order chi connectivity index (χ1) is 28.3. The predicted octanol–water partition coefficient (Wildman–Crippen LogP) is 9.00. The molecular formula is C48H54O11. The maximum atomic E-state index is 9.93. The van der Waals surface area contributed by atoms with E-state index in [2.05, 4.69) is 18.2 Å². The summed E-state index contributed by atoms with van der Waals surface area (Å²) in [6, 6.07) is 32.3. The van der Waals surface area contributed by atoms with Gasteiger partial charge in [0.05, 0.1) is 35.5 Å². The minimum absolute atomic E-state index is 0.0103. The zero-order chi connectivity index (χ0) is 42.9. The maximum Gasteiger partial charge on any atom is 0.200 e. The normalized spacial score (nSPS) is 10.3. The molecule has 6 aromatic rings. The fourth-order valence-electron chi connectivity index (χ4n) is 6.25. The van der Waals surface area contributed by atoms with E-state index in [1.807, 2.05) is 43.3 Å². The molecule has 0 saturated heterocycles. The molecule has 0 bridgehead atoms. The summed E-state index contributed by atoms with van der Waals surface area (Å²) in [5.41, 5.74) is 7.41. The van der Waals surface area contributed by atoms with E-state index in [4.69, 9.17) is 28.8 Å². The fraction of sp³-hybridized carbons (Fsp3) is 0.250. The summed E-state index contributed by atoms with van der Waals surface area (Å²) in [4.78, 5) is 0. The van der Waals surface area contributed by atoms with Crippen LogP contribution in [0.5, 0.6) is 63.2 Å². The summed E-state index contributed by atoms with van der Waals surface area (Å²) in [6.07, 6.45) is 4.75. The van der Waals surface area contributed by atoms with Crippen LogP contribution in [0.2, 0.25) is 0 Å². The van der Waals surface area contributed by atoms with E-state index in [1.54, 1.807) is 55.6 Å². The highest BCUT2D eigenvalue weighted by atomic mass is 16.5. The lowest BCUT2D eigenvalue weighted by Gasteiger charge is -2.12. The SMILES string of the molecule is COc1cc(CCc2cc(OC)c(O)c(OC)c2)ccc1C.COc1cc(CCc2cccc(O)c2)cc(OC)c1O.Oc1ccc(CCc2cc(O)cc(O)c2)cc1. The first kappa shape index (κ1) is 44.8. The van der Waals surface area contributed by atoms with Crippen molar-refractivity contribution < 1.29 is 54.3 Å². The molecule has 0 aliphatic heterocycles. The summed E-state index contributed by atoms with van der Waals surface area (Å²) in [6.45, 7) is 2.03. The van der Waals surface area contributed by atoms with Crippen LogP contribution >= 0.6 is 0 Å². The van der Waals surface area contributed by atoms with Gasteiger partial charge in [0.1, 0.15) is 28.7 Å². The quantitative estimate of drug-likeness (QED) is 0.0622. The molecule has 0 spiro atoms. The van der Waals surface area contributed by atoms with Gasteiger partial charge in [-0.15, -0.1) is 0 Å². The molecule has 6 rings (SSSR count). The minimum Gasteiger partial charge on any atom is -0.508 e. The van der Waals surface area contributed by atoms with E-state index >= 15 is 0 Å². The number of hydrogen-bond acceptors (Lipinski definition) is 11. The third-order valence-electron chi connectivity index (χ3n) is 9.47. The molecule has 0 aromatic heterocycles. The van der Waals surface area contributed by atoms with E-state index in [9.17, 15) is 25.5 Å². The Morgan fingerprint density at radius 1 is 0.322 bits per heavy atom. The molecule has 0 fully saturated rings. The number of methoxy groups -OCH3 is 5. The minimum atomic E-state index is 0.0103. The Morgan fingerprint density at radius 3 is 1.12 bits per heavy atom. The van der Waals surface area contributed by atoms with Gasteiger partial charge in [0.2, 0.25) is 11.5 Å². The van der Waals surface area contributed by atoms with Gasteiger partial charge in [-0.3, -0.25) is 0 Å². The van der Waals surface area contributed by atoms with Crippen molar-refractivity contribution in [3.63, 3.8) is 0 Å². The van der Waals surface area contributed by atoms with Crippen LogP contribution in [0.15, 0.2) is 109 Å². The van der Waals surface area contributed by atoms with E-state index in [0.717, 1.165) is 77.7 Å². The summed E-state index contributed by atoms with van der Waals surface area (Å²) in [5.74, 6) is 3.26. The van der Waals surface area contributed by atoms with Crippen molar-refractivity contribution in [2.75, 3.05) is 35.5 Å². The number of ether oxygens (including phenoxy) is 5. The van der Waals surface area contributed by atoms with Crippen LogP contribution in [0.4, 0.5) is 0 Å². The Kier molecular flexibility index (Phi) is 16.8. The van der Waals surface area contributed by atoms with Gasteiger partial charge in [-0.2, -0.15) is 0 Å². The highest BCUT2D eigenvalue weighted by Crippen LogP contribution is 2.38. The Labute approximate surface area is 345 Å². The van der Waals surface area contributed by atoms with Crippen molar-refractivity contribution in [2.24, 2.45) is 0 Å².